The molecule has 3 rings (SSSR count). The number of rotatable bonds is 1. The number of hydrogen-bond acceptors (Lipinski definition) is 2. The summed E-state index contributed by atoms with van der Waals surface area (Å²) < 4.78 is 3.99. The molecule has 1 amide bonds. The number of hydrogen-bond donors (Lipinski definition) is 0. The van der Waals surface area contributed by atoms with Crippen LogP contribution in [0.25, 0.3) is 10.2 Å². The van der Waals surface area contributed by atoms with Gasteiger partial charge in [-0.05, 0) is 55.3 Å². The highest BCUT2D eigenvalue weighted by Gasteiger charge is 2.08. The Morgan fingerprint density at radius 2 is 1.91 bits per heavy atom. The van der Waals surface area contributed by atoms with Gasteiger partial charge in [-0.2, -0.15) is 4.99 Å². The first-order valence-corrected chi connectivity index (χ1v) is 8.48. The summed E-state index contributed by atoms with van der Waals surface area (Å²) in [5.41, 5.74) is 4.18. The molecule has 0 atom stereocenters. The quantitative estimate of drug-likeness (QED) is 0.622. The fourth-order valence-corrected chi connectivity index (χ4v) is 3.75. The normalized spacial score (nSPS) is 12.1. The molecule has 0 N–H and O–H groups in total. The van der Waals surface area contributed by atoms with E-state index in [0.29, 0.717) is 10.4 Å². The van der Waals surface area contributed by atoms with Crippen molar-refractivity contribution in [2.45, 2.75) is 13.8 Å². The number of halogens is 1. The van der Waals surface area contributed by atoms with Gasteiger partial charge in [0, 0.05) is 17.1 Å². The highest BCUT2D eigenvalue weighted by Crippen LogP contribution is 2.21. The smallest absolute Gasteiger partial charge is 0.279 e. The Labute approximate surface area is 141 Å². The monoisotopic (exact) mass is 374 g/mol. The summed E-state index contributed by atoms with van der Waals surface area (Å²) in [4.78, 5) is 17.3. The van der Waals surface area contributed by atoms with E-state index in [1.807, 2.05) is 23.7 Å². The molecule has 112 valence electrons. The van der Waals surface area contributed by atoms with E-state index in [4.69, 9.17) is 0 Å². The standard InChI is InChI=1S/C17H15BrN2OS/c1-10-7-14-15(8-11(10)2)22-17(20(14)3)19-16(21)12-5-4-6-13(18)9-12/h4-9H,1-3H3. The number of aromatic nitrogens is 1. The van der Waals surface area contributed by atoms with Gasteiger partial charge in [0.05, 0.1) is 10.2 Å². The van der Waals surface area contributed by atoms with Crippen molar-refractivity contribution in [2.24, 2.45) is 12.0 Å². The molecule has 0 fully saturated rings. The van der Waals surface area contributed by atoms with E-state index in [1.165, 1.54) is 22.5 Å². The maximum absolute atomic E-state index is 12.3. The van der Waals surface area contributed by atoms with Crippen LogP contribution in [0.15, 0.2) is 45.9 Å². The van der Waals surface area contributed by atoms with Crippen molar-refractivity contribution >= 4 is 43.4 Å². The average Bonchev–Trinajstić information content (AvgIpc) is 2.76. The lowest BCUT2D eigenvalue weighted by Crippen LogP contribution is -2.13. The van der Waals surface area contributed by atoms with Gasteiger partial charge in [-0.3, -0.25) is 4.79 Å². The van der Waals surface area contributed by atoms with Crippen LogP contribution in [0.4, 0.5) is 0 Å². The van der Waals surface area contributed by atoms with Crippen LogP contribution in [0.2, 0.25) is 0 Å². The van der Waals surface area contributed by atoms with Crippen molar-refractivity contribution in [1.82, 2.24) is 4.57 Å². The minimum atomic E-state index is -0.225. The van der Waals surface area contributed by atoms with Crippen molar-refractivity contribution in [1.29, 1.82) is 0 Å². The molecule has 0 saturated heterocycles. The first-order chi connectivity index (χ1) is 10.5. The molecule has 2 aromatic carbocycles. The molecule has 22 heavy (non-hydrogen) atoms. The zero-order chi connectivity index (χ0) is 15.9. The van der Waals surface area contributed by atoms with Gasteiger partial charge >= 0.3 is 0 Å². The van der Waals surface area contributed by atoms with E-state index >= 15 is 0 Å². The van der Waals surface area contributed by atoms with Gasteiger partial charge in [0.25, 0.3) is 5.91 Å². The summed E-state index contributed by atoms with van der Waals surface area (Å²) in [6.07, 6.45) is 0. The Morgan fingerprint density at radius 3 is 2.64 bits per heavy atom. The topological polar surface area (TPSA) is 34.4 Å². The Kier molecular flexibility index (Phi) is 4.02. The second-order valence-electron chi connectivity index (χ2n) is 5.28. The number of nitrogens with zero attached hydrogens (tertiary/aromatic N) is 2. The second kappa shape index (κ2) is 5.82. The molecular formula is C17H15BrN2OS. The molecule has 0 spiro atoms. The van der Waals surface area contributed by atoms with Gasteiger partial charge in [0.1, 0.15) is 0 Å². The van der Waals surface area contributed by atoms with Crippen LogP contribution in [0.3, 0.4) is 0 Å². The minimum Gasteiger partial charge on any atom is -0.319 e. The molecule has 5 heteroatoms. The number of benzene rings is 2. The molecule has 1 aromatic heterocycles. The van der Waals surface area contributed by atoms with Crippen molar-refractivity contribution in [3.63, 3.8) is 0 Å². The Morgan fingerprint density at radius 1 is 1.18 bits per heavy atom. The summed E-state index contributed by atoms with van der Waals surface area (Å²) in [7, 11) is 1.95. The predicted molar refractivity (Wildman–Crippen MR) is 94.3 cm³/mol. The molecule has 0 unspecified atom stereocenters. The first kappa shape index (κ1) is 15.2. The SMILES string of the molecule is Cc1cc2sc(=NC(=O)c3cccc(Br)c3)n(C)c2cc1C. The van der Waals surface area contributed by atoms with Crippen LogP contribution in [0.5, 0.6) is 0 Å². The number of thiazole rings is 1. The second-order valence-corrected chi connectivity index (χ2v) is 7.20. The number of carbonyl (C=O) groups excluding carboxylic acids is 1. The van der Waals surface area contributed by atoms with Gasteiger partial charge < -0.3 is 4.57 Å². The van der Waals surface area contributed by atoms with Gasteiger partial charge in [-0.25, -0.2) is 0 Å². The zero-order valence-electron chi connectivity index (χ0n) is 12.6. The fourth-order valence-electron chi connectivity index (χ4n) is 2.26. The van der Waals surface area contributed by atoms with Gasteiger partial charge in [0.15, 0.2) is 4.80 Å². The van der Waals surface area contributed by atoms with Crippen LogP contribution in [0, 0.1) is 13.8 Å². The minimum absolute atomic E-state index is 0.225. The molecular weight excluding hydrogens is 360 g/mol. The van der Waals surface area contributed by atoms with E-state index in [-0.39, 0.29) is 5.91 Å². The predicted octanol–water partition coefficient (Wildman–Crippen LogP) is 4.36. The lowest BCUT2D eigenvalue weighted by Gasteiger charge is -2.01. The molecule has 0 aliphatic rings. The average molecular weight is 375 g/mol. The highest BCUT2D eigenvalue weighted by molar-refractivity contribution is 9.10. The van der Waals surface area contributed by atoms with Crippen LogP contribution < -0.4 is 4.80 Å². The van der Waals surface area contributed by atoms with Crippen molar-refractivity contribution in [2.75, 3.05) is 0 Å². The van der Waals surface area contributed by atoms with Crippen LogP contribution in [-0.2, 0) is 7.05 Å². The van der Waals surface area contributed by atoms with Gasteiger partial charge in [-0.15, -0.1) is 0 Å². The van der Waals surface area contributed by atoms with Crippen molar-refractivity contribution < 1.29 is 4.79 Å². The third kappa shape index (κ3) is 2.78. The molecule has 0 aliphatic heterocycles. The molecule has 0 aliphatic carbocycles. The summed E-state index contributed by atoms with van der Waals surface area (Å²) in [6, 6.07) is 11.6. The van der Waals surface area contributed by atoms with E-state index in [2.05, 4.69) is 46.9 Å². The first-order valence-electron chi connectivity index (χ1n) is 6.87. The lowest BCUT2D eigenvalue weighted by atomic mass is 10.1. The summed E-state index contributed by atoms with van der Waals surface area (Å²) in [5, 5.41) is 0. The molecule has 3 nitrogen and oxygen atoms in total. The molecule has 0 saturated carbocycles. The summed E-state index contributed by atoms with van der Waals surface area (Å²) in [6.45, 7) is 4.19. The molecule has 0 radical (unpaired) electrons. The van der Waals surface area contributed by atoms with Crippen LogP contribution >= 0.6 is 27.3 Å². The Balaban J connectivity index is 2.13. The Bertz CT molecular complexity index is 953. The summed E-state index contributed by atoms with van der Waals surface area (Å²) in [5.74, 6) is -0.225. The zero-order valence-corrected chi connectivity index (χ0v) is 15.0. The maximum Gasteiger partial charge on any atom is 0.279 e. The van der Waals surface area contributed by atoms with Crippen molar-refractivity contribution in [3.8, 4) is 0 Å². The van der Waals surface area contributed by atoms with E-state index in [1.54, 1.807) is 12.1 Å². The molecule has 0 bridgehead atoms. The number of aryl methyl sites for hydroxylation is 3. The van der Waals surface area contributed by atoms with E-state index < -0.39 is 0 Å². The third-order valence-corrected chi connectivity index (χ3v) is 5.28. The third-order valence-electron chi connectivity index (χ3n) is 3.69. The molecule has 3 aromatic rings. The van der Waals surface area contributed by atoms with Crippen molar-refractivity contribution in [3.05, 3.63) is 62.4 Å². The molecule has 1 heterocycles. The number of carbonyl (C=O) groups is 1. The number of amides is 1. The van der Waals surface area contributed by atoms with Crippen LogP contribution in [-0.4, -0.2) is 10.5 Å². The lowest BCUT2D eigenvalue weighted by molar-refractivity contribution is 0.0998. The van der Waals surface area contributed by atoms with E-state index in [9.17, 15) is 4.79 Å². The fraction of sp³-hybridized carbons (Fsp3) is 0.176. The number of fused-ring (bicyclic) bond motifs is 1. The van der Waals surface area contributed by atoms with Crippen LogP contribution in [0.1, 0.15) is 21.5 Å². The summed E-state index contributed by atoms with van der Waals surface area (Å²) >= 11 is 4.92. The van der Waals surface area contributed by atoms with Gasteiger partial charge in [0.2, 0.25) is 0 Å². The maximum atomic E-state index is 12.3. The largest absolute Gasteiger partial charge is 0.319 e. The highest BCUT2D eigenvalue weighted by atomic mass is 79.9. The Hall–Kier alpha value is -1.72. The van der Waals surface area contributed by atoms with Gasteiger partial charge in [-0.1, -0.05) is 33.3 Å². The van der Waals surface area contributed by atoms with E-state index in [0.717, 1.165) is 14.7 Å².